The van der Waals surface area contributed by atoms with Crippen molar-refractivity contribution in [2.75, 3.05) is 62.7 Å². The molecule has 0 bridgehead atoms. The molecule has 238 valence electrons. The summed E-state index contributed by atoms with van der Waals surface area (Å²) in [5.74, 6) is -0.0771. The molecular weight excluding hydrogens is 581 g/mol. The Balaban J connectivity index is 1.41. The predicted molar refractivity (Wildman–Crippen MR) is 177 cm³/mol. The van der Waals surface area contributed by atoms with Crippen molar-refractivity contribution in [1.29, 1.82) is 10.5 Å². The number of hydrogen-bond acceptors (Lipinski definition) is 8. The van der Waals surface area contributed by atoms with Crippen LogP contribution < -0.4 is 14.5 Å². The zero-order chi connectivity index (χ0) is 32.4. The number of benzene rings is 2. The van der Waals surface area contributed by atoms with Gasteiger partial charge >= 0.3 is 0 Å². The molecule has 9 nitrogen and oxygen atoms in total. The molecule has 0 saturated carbocycles. The van der Waals surface area contributed by atoms with Crippen LogP contribution in [0, 0.1) is 29.6 Å². The first-order valence-corrected chi connectivity index (χ1v) is 16.0. The number of nitrogens with zero attached hydrogens (tertiary/aromatic N) is 7. The number of pyridine rings is 1. The summed E-state index contributed by atoms with van der Waals surface area (Å²) in [5.41, 5.74) is 3.52. The molecule has 0 unspecified atom stereocenters. The highest BCUT2D eigenvalue weighted by atomic mass is 19.1. The van der Waals surface area contributed by atoms with Gasteiger partial charge in [0, 0.05) is 49.4 Å². The molecule has 0 N–H and O–H groups in total. The zero-order valence-corrected chi connectivity index (χ0v) is 26.6. The first-order valence-electron chi connectivity index (χ1n) is 16.0. The summed E-state index contributed by atoms with van der Waals surface area (Å²) in [5, 5.41) is 22.5. The number of aryl methyl sites for hydroxylation is 1. The molecule has 2 fully saturated rings. The quantitative estimate of drug-likeness (QED) is 0.344. The molecule has 6 rings (SSSR count). The van der Waals surface area contributed by atoms with Crippen LogP contribution >= 0.6 is 0 Å². The second-order valence-electron chi connectivity index (χ2n) is 12.8. The van der Waals surface area contributed by atoms with Gasteiger partial charge in [0.25, 0.3) is 0 Å². The van der Waals surface area contributed by atoms with E-state index in [1.54, 1.807) is 4.90 Å². The number of carbonyl (C=O) groups excluding carboxylic acids is 1. The van der Waals surface area contributed by atoms with Gasteiger partial charge in [-0.3, -0.25) is 4.79 Å². The van der Waals surface area contributed by atoms with Gasteiger partial charge in [-0.05, 0) is 62.9 Å². The third-order valence-electron chi connectivity index (χ3n) is 9.61. The topological polar surface area (TPSA) is 99.7 Å². The minimum Gasteiger partial charge on any atom is -0.473 e. The predicted octanol–water partition coefficient (Wildman–Crippen LogP) is 4.91. The fourth-order valence-corrected chi connectivity index (χ4v) is 7.43. The van der Waals surface area contributed by atoms with Crippen LogP contribution in [0.15, 0.2) is 49.1 Å². The smallest absolute Gasteiger partial charge is 0.246 e. The number of hydrogen-bond donors (Lipinski definition) is 0. The van der Waals surface area contributed by atoms with Crippen LogP contribution in [0.25, 0.3) is 10.8 Å². The summed E-state index contributed by atoms with van der Waals surface area (Å²) in [6.45, 7) is 9.11. The molecule has 3 aliphatic heterocycles. The van der Waals surface area contributed by atoms with Gasteiger partial charge in [0.2, 0.25) is 11.8 Å². The maximum Gasteiger partial charge on any atom is 0.246 e. The Labute approximate surface area is 270 Å². The number of piperazine rings is 1. The van der Waals surface area contributed by atoms with E-state index in [0.717, 1.165) is 42.1 Å². The summed E-state index contributed by atoms with van der Waals surface area (Å²) in [6, 6.07) is 16.8. The lowest BCUT2D eigenvalue weighted by atomic mass is 9.95. The van der Waals surface area contributed by atoms with E-state index in [1.165, 1.54) is 22.4 Å². The molecule has 4 heterocycles. The van der Waals surface area contributed by atoms with Gasteiger partial charge in [-0.2, -0.15) is 10.5 Å². The molecule has 1 aromatic heterocycles. The minimum atomic E-state index is -1.54. The fraction of sp³-hybridized carbons (Fsp3) is 0.444. The highest BCUT2D eigenvalue weighted by Crippen LogP contribution is 2.40. The molecule has 1 amide bonds. The van der Waals surface area contributed by atoms with E-state index in [2.05, 4.69) is 71.8 Å². The molecular formula is C36H40FN7O2. The van der Waals surface area contributed by atoms with Crippen LogP contribution in [0.3, 0.4) is 0 Å². The number of carbonyl (C=O) groups is 1. The average molecular weight is 622 g/mol. The van der Waals surface area contributed by atoms with Crippen molar-refractivity contribution in [3.05, 3.63) is 71.4 Å². The number of alkyl halides is 1. The first kappa shape index (κ1) is 31.3. The molecule has 2 saturated heterocycles. The van der Waals surface area contributed by atoms with Gasteiger partial charge in [-0.15, -0.1) is 0 Å². The third kappa shape index (κ3) is 5.98. The van der Waals surface area contributed by atoms with E-state index in [9.17, 15) is 15.3 Å². The van der Waals surface area contributed by atoms with Crippen LogP contribution in [0.4, 0.5) is 15.8 Å². The van der Waals surface area contributed by atoms with Crippen molar-refractivity contribution in [2.24, 2.45) is 0 Å². The molecule has 10 heteroatoms. The van der Waals surface area contributed by atoms with Gasteiger partial charge < -0.3 is 24.3 Å². The van der Waals surface area contributed by atoms with E-state index in [1.807, 2.05) is 11.9 Å². The van der Waals surface area contributed by atoms with Crippen molar-refractivity contribution in [2.45, 2.75) is 50.9 Å². The summed E-state index contributed by atoms with van der Waals surface area (Å²) in [6.07, 6.45) is 3.19. The molecule has 0 radical (unpaired) electrons. The monoisotopic (exact) mass is 621 g/mol. The molecule has 3 aliphatic rings. The van der Waals surface area contributed by atoms with Crippen molar-refractivity contribution in [1.82, 2.24) is 14.8 Å². The van der Waals surface area contributed by atoms with Crippen molar-refractivity contribution in [3.8, 4) is 18.0 Å². The molecule has 0 spiro atoms. The lowest BCUT2D eigenvalue weighted by Crippen LogP contribution is -2.55. The van der Waals surface area contributed by atoms with E-state index in [-0.39, 0.29) is 43.0 Å². The number of fused-ring (bicyclic) bond motifs is 2. The summed E-state index contributed by atoms with van der Waals surface area (Å²) in [4.78, 5) is 25.6. The number of rotatable bonds is 7. The van der Waals surface area contributed by atoms with Crippen LogP contribution in [0.1, 0.15) is 41.6 Å². The van der Waals surface area contributed by atoms with Crippen LogP contribution in [-0.2, 0) is 17.8 Å². The van der Waals surface area contributed by atoms with Crippen molar-refractivity contribution >= 4 is 28.1 Å². The molecule has 2 aromatic carbocycles. The molecule has 2 atom stereocenters. The van der Waals surface area contributed by atoms with Crippen LogP contribution in [0.5, 0.6) is 5.88 Å². The summed E-state index contributed by atoms with van der Waals surface area (Å²) in [7, 11) is 1.90. The zero-order valence-electron chi connectivity index (χ0n) is 26.6. The number of ether oxygens (including phenoxy) is 1. The number of aromatic nitrogens is 1. The van der Waals surface area contributed by atoms with Crippen molar-refractivity contribution < 1.29 is 13.9 Å². The number of anilines is 2. The Kier molecular flexibility index (Phi) is 8.84. The van der Waals surface area contributed by atoms with Crippen LogP contribution in [0.2, 0.25) is 0 Å². The van der Waals surface area contributed by atoms with Gasteiger partial charge in [-0.1, -0.05) is 36.9 Å². The van der Waals surface area contributed by atoms with Gasteiger partial charge in [-0.25, -0.2) is 9.37 Å². The molecule has 46 heavy (non-hydrogen) atoms. The Bertz CT molecular complexity index is 1740. The highest BCUT2D eigenvalue weighted by molar-refractivity contribution is 5.97. The summed E-state index contributed by atoms with van der Waals surface area (Å²) >= 11 is 0. The Morgan fingerprint density at radius 1 is 1.17 bits per heavy atom. The SMILES string of the molecule is C=CC(=O)N1CCN(c2c(C#N)c(OC[C@@]3(F)CCCN(C)C3)nc3c2CCN(c2cccc4cccc(C)c24)C3)C[C@@H]1CC#N. The van der Waals surface area contributed by atoms with E-state index < -0.39 is 5.67 Å². The number of piperidine rings is 1. The minimum absolute atomic E-state index is 0.138. The second kappa shape index (κ2) is 13.0. The highest BCUT2D eigenvalue weighted by Gasteiger charge is 2.38. The Morgan fingerprint density at radius 2 is 1.98 bits per heavy atom. The van der Waals surface area contributed by atoms with E-state index in [0.29, 0.717) is 39.0 Å². The van der Waals surface area contributed by atoms with Crippen molar-refractivity contribution in [3.63, 3.8) is 0 Å². The Hall–Kier alpha value is -4.67. The number of nitriles is 2. The normalized spacial score (nSPS) is 21.8. The van der Waals surface area contributed by atoms with Gasteiger partial charge in [0.1, 0.15) is 18.2 Å². The fourth-order valence-electron chi connectivity index (χ4n) is 7.43. The summed E-state index contributed by atoms with van der Waals surface area (Å²) < 4.78 is 22.1. The molecule has 3 aromatic rings. The maximum absolute atomic E-state index is 15.9. The number of halogens is 1. The number of likely N-dealkylation sites (tertiary alicyclic amines) is 1. The second-order valence-corrected chi connectivity index (χ2v) is 12.8. The van der Waals surface area contributed by atoms with Crippen LogP contribution in [-0.4, -0.2) is 85.3 Å². The lowest BCUT2D eigenvalue weighted by molar-refractivity contribution is -0.128. The van der Waals surface area contributed by atoms with Gasteiger partial charge in [0.15, 0.2) is 5.67 Å². The lowest BCUT2D eigenvalue weighted by Gasteiger charge is -2.43. The first-order chi connectivity index (χ1) is 22.2. The largest absolute Gasteiger partial charge is 0.473 e. The van der Waals surface area contributed by atoms with Gasteiger partial charge in [0.05, 0.1) is 36.5 Å². The molecule has 0 aliphatic carbocycles. The maximum atomic E-state index is 15.9. The van der Waals surface area contributed by atoms with E-state index in [4.69, 9.17) is 9.72 Å². The average Bonchev–Trinajstić information content (AvgIpc) is 3.06. The standard InChI is InChI=1S/C36H40FN7O2/c1-4-32(45)44-19-18-43(21-27(44)12-15-38)34-28-13-17-42(31-11-6-10-26-9-5-8-25(2)33(26)31)22-30(28)40-35(29(34)20-39)46-24-36(37)14-7-16-41(3)23-36/h4-6,8-11,27H,1,7,12-14,16-19,21-24H2,2-3H3/t27-,36+/m0/s1. The third-order valence-corrected chi connectivity index (χ3v) is 9.61. The number of amides is 1. The van der Waals surface area contributed by atoms with E-state index >= 15 is 4.39 Å². The Morgan fingerprint density at radius 3 is 2.72 bits per heavy atom.